The van der Waals surface area contributed by atoms with Crippen molar-refractivity contribution in [3.8, 4) is 11.1 Å². The molecule has 3 heterocycles. The van der Waals surface area contributed by atoms with Gasteiger partial charge in [0.25, 0.3) is 0 Å². The van der Waals surface area contributed by atoms with Crippen molar-refractivity contribution in [2.75, 3.05) is 26.2 Å². The van der Waals surface area contributed by atoms with E-state index in [1.807, 2.05) is 23.6 Å². The van der Waals surface area contributed by atoms with Gasteiger partial charge in [-0.2, -0.15) is 0 Å². The Hall–Kier alpha value is -2.22. The number of carboxylic acid groups (broad SMARTS) is 2. The molecule has 31 heavy (non-hydrogen) atoms. The number of hydrogen-bond acceptors (Lipinski definition) is 5. The van der Waals surface area contributed by atoms with E-state index in [1.165, 1.54) is 0 Å². The van der Waals surface area contributed by atoms with E-state index in [4.69, 9.17) is 0 Å². The lowest BCUT2D eigenvalue weighted by molar-refractivity contribution is -0.144. The van der Waals surface area contributed by atoms with Crippen molar-refractivity contribution in [1.82, 2.24) is 10.6 Å². The van der Waals surface area contributed by atoms with Crippen LogP contribution in [0.4, 0.5) is 0 Å². The molecule has 4 rings (SSSR count). The van der Waals surface area contributed by atoms with Crippen molar-refractivity contribution in [2.24, 2.45) is 23.7 Å². The van der Waals surface area contributed by atoms with E-state index >= 15 is 0 Å². The molecule has 2 aliphatic heterocycles. The smallest absolute Gasteiger partial charge is 0.307 e. The Balaban J connectivity index is 1.54. The Morgan fingerprint density at radius 3 is 2.19 bits per heavy atom. The molecule has 2 saturated heterocycles. The standard InChI is InChI=1S/C24H30N2O4S/c27-23(28)20(17-4-7-25-13-17)11-15-2-1-3-16(10-15)19-6-9-31-22(19)12-21(24(29)30)18-5-8-26-14-18/h1-3,6,9-10,17-18,20-21,25-26H,4-5,7-8,11-14H2,(H,27,28)(H,29,30)/t17-,18-,20?,21?/m0/s1. The fraction of sp³-hybridized carbons (Fsp3) is 0.500. The van der Waals surface area contributed by atoms with Crippen molar-refractivity contribution < 1.29 is 19.8 Å². The quantitative estimate of drug-likeness (QED) is 0.476. The van der Waals surface area contributed by atoms with Gasteiger partial charge in [-0.05, 0) is 91.8 Å². The van der Waals surface area contributed by atoms with Gasteiger partial charge < -0.3 is 20.8 Å². The van der Waals surface area contributed by atoms with E-state index in [0.717, 1.165) is 60.6 Å². The van der Waals surface area contributed by atoms with Gasteiger partial charge in [-0.3, -0.25) is 9.59 Å². The Morgan fingerprint density at radius 1 is 0.968 bits per heavy atom. The molecule has 2 aliphatic rings. The number of hydrogen-bond donors (Lipinski definition) is 4. The molecule has 2 fully saturated rings. The largest absolute Gasteiger partial charge is 0.481 e. The number of nitrogens with one attached hydrogen (secondary N) is 2. The third-order valence-electron chi connectivity index (χ3n) is 6.81. The molecule has 0 aliphatic carbocycles. The first-order valence-electron chi connectivity index (χ1n) is 11.1. The van der Waals surface area contributed by atoms with E-state index in [2.05, 4.69) is 22.8 Å². The number of carboxylic acids is 2. The van der Waals surface area contributed by atoms with Crippen molar-refractivity contribution in [3.05, 3.63) is 46.2 Å². The summed E-state index contributed by atoms with van der Waals surface area (Å²) in [6.45, 7) is 3.29. The van der Waals surface area contributed by atoms with Gasteiger partial charge in [0.1, 0.15) is 0 Å². The van der Waals surface area contributed by atoms with Gasteiger partial charge in [0.2, 0.25) is 0 Å². The first kappa shape index (κ1) is 22.0. The van der Waals surface area contributed by atoms with E-state index in [1.54, 1.807) is 11.3 Å². The second-order valence-corrected chi connectivity index (χ2v) is 9.76. The minimum absolute atomic E-state index is 0.161. The lowest BCUT2D eigenvalue weighted by atomic mass is 9.85. The highest BCUT2D eigenvalue weighted by Crippen LogP contribution is 2.34. The van der Waals surface area contributed by atoms with Crippen LogP contribution in [-0.4, -0.2) is 48.3 Å². The third kappa shape index (κ3) is 5.17. The van der Waals surface area contributed by atoms with Gasteiger partial charge >= 0.3 is 11.9 Å². The van der Waals surface area contributed by atoms with Crippen LogP contribution in [0.1, 0.15) is 23.3 Å². The minimum Gasteiger partial charge on any atom is -0.481 e. The monoisotopic (exact) mass is 442 g/mol. The molecule has 2 unspecified atom stereocenters. The zero-order chi connectivity index (χ0) is 21.8. The Kier molecular flexibility index (Phi) is 7.05. The molecule has 7 heteroatoms. The second-order valence-electron chi connectivity index (χ2n) is 8.76. The average molecular weight is 443 g/mol. The molecule has 166 valence electrons. The van der Waals surface area contributed by atoms with E-state index in [-0.39, 0.29) is 17.8 Å². The SMILES string of the molecule is O=C(O)C(Cc1cccc(-c2ccsc2CC(C(=O)O)[C@H]2CCNC2)c1)[C@H]1CCNC1. The normalized spacial score (nSPS) is 23.0. The first-order valence-corrected chi connectivity index (χ1v) is 11.9. The summed E-state index contributed by atoms with van der Waals surface area (Å²) in [5, 5.41) is 28.1. The first-order chi connectivity index (χ1) is 15.0. The van der Waals surface area contributed by atoms with Crippen molar-refractivity contribution >= 4 is 23.3 Å². The molecule has 0 bridgehead atoms. The molecule has 1 aromatic heterocycles. The third-order valence-corrected chi connectivity index (χ3v) is 7.76. The van der Waals surface area contributed by atoms with Gasteiger partial charge in [-0.25, -0.2) is 0 Å². The van der Waals surface area contributed by atoms with E-state index < -0.39 is 17.9 Å². The summed E-state index contributed by atoms with van der Waals surface area (Å²) >= 11 is 1.61. The molecule has 0 spiro atoms. The molecule has 0 amide bonds. The molecular weight excluding hydrogens is 412 g/mol. The molecule has 4 atom stereocenters. The fourth-order valence-electron chi connectivity index (χ4n) is 5.03. The molecule has 0 radical (unpaired) electrons. The maximum Gasteiger partial charge on any atom is 0.307 e. The summed E-state index contributed by atoms with van der Waals surface area (Å²) in [5.74, 6) is -1.91. The van der Waals surface area contributed by atoms with Gasteiger partial charge in [0.05, 0.1) is 11.8 Å². The van der Waals surface area contributed by atoms with Crippen molar-refractivity contribution in [3.63, 3.8) is 0 Å². The lowest BCUT2D eigenvalue weighted by Crippen LogP contribution is -2.27. The van der Waals surface area contributed by atoms with Crippen LogP contribution in [0.2, 0.25) is 0 Å². The predicted octanol–water partition coefficient (Wildman–Crippen LogP) is 3.12. The number of rotatable bonds is 9. The number of thiophene rings is 1. The highest BCUT2D eigenvalue weighted by Gasteiger charge is 2.32. The number of benzene rings is 1. The zero-order valence-electron chi connectivity index (χ0n) is 17.5. The molecule has 2 aromatic rings. The van der Waals surface area contributed by atoms with Gasteiger partial charge in [0.15, 0.2) is 0 Å². The number of aliphatic carboxylic acids is 2. The second kappa shape index (κ2) is 9.94. The Bertz CT molecular complexity index is 916. The summed E-state index contributed by atoms with van der Waals surface area (Å²) in [5.41, 5.74) is 3.12. The maximum atomic E-state index is 11.9. The van der Waals surface area contributed by atoms with Crippen LogP contribution in [0.25, 0.3) is 11.1 Å². The van der Waals surface area contributed by atoms with E-state index in [9.17, 15) is 19.8 Å². The summed E-state index contributed by atoms with van der Waals surface area (Å²) in [4.78, 5) is 24.9. The zero-order valence-corrected chi connectivity index (χ0v) is 18.4. The molecule has 6 nitrogen and oxygen atoms in total. The summed E-state index contributed by atoms with van der Waals surface area (Å²) in [6.07, 6.45) is 2.85. The van der Waals surface area contributed by atoms with Crippen LogP contribution in [0.15, 0.2) is 35.7 Å². The van der Waals surface area contributed by atoms with Crippen LogP contribution >= 0.6 is 11.3 Å². The van der Waals surface area contributed by atoms with Crippen molar-refractivity contribution in [2.45, 2.75) is 25.7 Å². The van der Waals surface area contributed by atoms with Gasteiger partial charge in [-0.1, -0.05) is 24.3 Å². The summed E-state index contributed by atoms with van der Waals surface area (Å²) in [7, 11) is 0. The Labute approximate surface area is 186 Å². The average Bonchev–Trinajstić information content (AvgIpc) is 3.52. The van der Waals surface area contributed by atoms with Gasteiger partial charge in [0, 0.05) is 4.88 Å². The highest BCUT2D eigenvalue weighted by molar-refractivity contribution is 7.10. The number of carbonyl (C=O) groups is 2. The molecule has 1 aromatic carbocycles. The minimum atomic E-state index is -0.732. The molecular formula is C24H30N2O4S. The molecule has 4 N–H and O–H groups in total. The van der Waals surface area contributed by atoms with Crippen LogP contribution in [-0.2, 0) is 22.4 Å². The highest BCUT2D eigenvalue weighted by atomic mass is 32.1. The van der Waals surface area contributed by atoms with Crippen LogP contribution in [0.5, 0.6) is 0 Å². The van der Waals surface area contributed by atoms with Crippen LogP contribution in [0, 0.1) is 23.7 Å². The van der Waals surface area contributed by atoms with Crippen LogP contribution in [0.3, 0.4) is 0 Å². The van der Waals surface area contributed by atoms with Crippen molar-refractivity contribution in [1.29, 1.82) is 0 Å². The summed E-state index contributed by atoms with van der Waals surface area (Å²) < 4.78 is 0. The fourth-order valence-corrected chi connectivity index (χ4v) is 5.98. The topological polar surface area (TPSA) is 98.7 Å². The van der Waals surface area contributed by atoms with Gasteiger partial charge in [-0.15, -0.1) is 11.3 Å². The van der Waals surface area contributed by atoms with E-state index in [0.29, 0.717) is 12.8 Å². The van der Waals surface area contributed by atoms with Crippen LogP contribution < -0.4 is 10.6 Å². The lowest BCUT2D eigenvalue weighted by Gasteiger charge is -2.20. The molecule has 0 saturated carbocycles. The Morgan fingerprint density at radius 2 is 1.61 bits per heavy atom. The summed E-state index contributed by atoms with van der Waals surface area (Å²) in [6, 6.07) is 10.2. The predicted molar refractivity (Wildman–Crippen MR) is 121 cm³/mol. The maximum absolute atomic E-state index is 11.9.